The second kappa shape index (κ2) is 3.01. The maximum Gasteiger partial charge on any atom is 0.573 e. The van der Waals surface area contributed by atoms with Crippen molar-refractivity contribution in [3.63, 3.8) is 0 Å². The zero-order valence-electron chi connectivity index (χ0n) is 7.99. The molecule has 2 aliphatic heterocycles. The molecule has 2 atom stereocenters. The van der Waals surface area contributed by atoms with Crippen molar-refractivity contribution in [3.05, 3.63) is 41.5 Å². The van der Waals surface area contributed by atoms with E-state index in [4.69, 9.17) is 4.74 Å². The van der Waals surface area contributed by atoms with Crippen LogP contribution in [0.2, 0.25) is 0 Å². The van der Waals surface area contributed by atoms with Crippen LogP contribution in [0.4, 0.5) is 13.2 Å². The second-order valence-electron chi connectivity index (χ2n) is 3.70. The van der Waals surface area contributed by atoms with E-state index in [0.29, 0.717) is 0 Å². The fourth-order valence-electron chi connectivity index (χ4n) is 2.06. The molecule has 0 radical (unpaired) electrons. The topological polar surface area (TPSA) is 18.5 Å². The van der Waals surface area contributed by atoms with Gasteiger partial charge >= 0.3 is 6.36 Å². The SMILES string of the molecule is FC(F)(F)Oc1ccc2c(c1)C1C=CC2O1. The summed E-state index contributed by atoms with van der Waals surface area (Å²) >= 11 is 0. The zero-order chi connectivity index (χ0) is 11.3. The fraction of sp³-hybridized carbons (Fsp3) is 0.273. The molecule has 0 aliphatic carbocycles. The summed E-state index contributed by atoms with van der Waals surface area (Å²) in [5, 5.41) is 0. The summed E-state index contributed by atoms with van der Waals surface area (Å²) in [4.78, 5) is 0. The number of hydrogen-bond acceptors (Lipinski definition) is 2. The van der Waals surface area contributed by atoms with Crippen molar-refractivity contribution in [3.8, 4) is 5.75 Å². The molecule has 84 valence electrons. The van der Waals surface area contributed by atoms with Crippen molar-refractivity contribution < 1.29 is 22.6 Å². The Bertz CT molecular complexity index is 465. The van der Waals surface area contributed by atoms with Gasteiger partial charge in [-0.15, -0.1) is 13.2 Å². The Morgan fingerprint density at radius 2 is 1.75 bits per heavy atom. The predicted octanol–water partition coefficient (Wildman–Crippen LogP) is 3.27. The first-order chi connectivity index (χ1) is 7.53. The van der Waals surface area contributed by atoms with E-state index < -0.39 is 6.36 Å². The summed E-state index contributed by atoms with van der Waals surface area (Å²) in [6.07, 6.45) is -1.25. The molecule has 0 N–H and O–H groups in total. The van der Waals surface area contributed by atoms with Gasteiger partial charge in [-0.1, -0.05) is 18.2 Å². The van der Waals surface area contributed by atoms with Gasteiger partial charge in [0.2, 0.25) is 0 Å². The smallest absolute Gasteiger partial charge is 0.406 e. The molecule has 3 rings (SSSR count). The Morgan fingerprint density at radius 3 is 2.44 bits per heavy atom. The maximum atomic E-state index is 12.0. The van der Waals surface area contributed by atoms with Crippen LogP contribution in [0.25, 0.3) is 0 Å². The van der Waals surface area contributed by atoms with Gasteiger partial charge in [0.1, 0.15) is 18.0 Å². The first-order valence-electron chi connectivity index (χ1n) is 4.76. The molecule has 2 aliphatic rings. The normalized spacial score (nSPS) is 25.9. The van der Waals surface area contributed by atoms with E-state index in [1.807, 2.05) is 12.2 Å². The molecule has 2 heterocycles. The van der Waals surface area contributed by atoms with Gasteiger partial charge in [-0.3, -0.25) is 0 Å². The van der Waals surface area contributed by atoms with Crippen LogP contribution >= 0.6 is 0 Å². The quantitative estimate of drug-likeness (QED) is 0.687. The van der Waals surface area contributed by atoms with Gasteiger partial charge in [-0.2, -0.15) is 0 Å². The molecular weight excluding hydrogens is 221 g/mol. The van der Waals surface area contributed by atoms with Crippen molar-refractivity contribution in [1.29, 1.82) is 0 Å². The lowest BCUT2D eigenvalue weighted by molar-refractivity contribution is -0.274. The summed E-state index contributed by atoms with van der Waals surface area (Å²) < 4.78 is 45.4. The summed E-state index contributed by atoms with van der Waals surface area (Å²) in [7, 11) is 0. The van der Waals surface area contributed by atoms with E-state index in [-0.39, 0.29) is 18.0 Å². The molecule has 2 bridgehead atoms. The Hall–Kier alpha value is -1.49. The third kappa shape index (κ3) is 1.48. The van der Waals surface area contributed by atoms with Crippen LogP contribution < -0.4 is 4.74 Å². The van der Waals surface area contributed by atoms with Crippen molar-refractivity contribution in [2.75, 3.05) is 0 Å². The molecule has 0 aromatic heterocycles. The van der Waals surface area contributed by atoms with E-state index in [1.165, 1.54) is 12.1 Å². The van der Waals surface area contributed by atoms with E-state index in [1.54, 1.807) is 6.07 Å². The first kappa shape index (κ1) is 9.72. The number of rotatable bonds is 1. The highest BCUT2D eigenvalue weighted by molar-refractivity contribution is 5.46. The monoisotopic (exact) mass is 228 g/mol. The van der Waals surface area contributed by atoms with Crippen molar-refractivity contribution in [1.82, 2.24) is 0 Å². The van der Waals surface area contributed by atoms with Crippen LogP contribution in [0.1, 0.15) is 23.3 Å². The number of halogens is 3. The van der Waals surface area contributed by atoms with Crippen LogP contribution in [-0.4, -0.2) is 6.36 Å². The molecule has 1 aromatic rings. The van der Waals surface area contributed by atoms with Crippen molar-refractivity contribution in [2.45, 2.75) is 18.6 Å². The summed E-state index contributed by atoms with van der Waals surface area (Å²) in [5.74, 6) is -0.198. The van der Waals surface area contributed by atoms with Crippen LogP contribution in [-0.2, 0) is 4.74 Å². The molecule has 1 aromatic carbocycles. The standard InChI is InChI=1S/C11H7F3O2/c12-11(13,14)16-6-1-2-7-8(5-6)10-4-3-9(7)15-10/h1-5,9-10H. The Morgan fingerprint density at radius 1 is 1.06 bits per heavy atom. The van der Waals surface area contributed by atoms with Gasteiger partial charge in [-0.25, -0.2) is 0 Å². The maximum absolute atomic E-state index is 12.0. The van der Waals surface area contributed by atoms with E-state index in [0.717, 1.165) is 11.1 Å². The van der Waals surface area contributed by atoms with Gasteiger partial charge in [-0.05, 0) is 23.3 Å². The minimum atomic E-state index is -4.65. The summed E-state index contributed by atoms with van der Waals surface area (Å²) in [6.45, 7) is 0. The average molecular weight is 228 g/mol. The third-order valence-electron chi connectivity index (χ3n) is 2.66. The van der Waals surface area contributed by atoms with Crippen LogP contribution in [0.15, 0.2) is 30.4 Å². The minimum Gasteiger partial charge on any atom is -0.406 e. The first-order valence-corrected chi connectivity index (χ1v) is 4.76. The summed E-state index contributed by atoms with van der Waals surface area (Å²) in [6, 6.07) is 4.31. The van der Waals surface area contributed by atoms with Crippen molar-refractivity contribution >= 4 is 0 Å². The summed E-state index contributed by atoms with van der Waals surface area (Å²) in [5.41, 5.74) is 1.68. The van der Waals surface area contributed by atoms with E-state index in [9.17, 15) is 13.2 Å². The largest absolute Gasteiger partial charge is 0.573 e. The molecule has 0 saturated heterocycles. The highest BCUT2D eigenvalue weighted by Crippen LogP contribution is 2.46. The number of ether oxygens (including phenoxy) is 2. The highest BCUT2D eigenvalue weighted by atomic mass is 19.4. The predicted molar refractivity (Wildman–Crippen MR) is 48.8 cm³/mol. The molecular formula is C11H7F3O2. The molecule has 2 unspecified atom stereocenters. The molecule has 16 heavy (non-hydrogen) atoms. The molecule has 0 amide bonds. The lowest BCUT2D eigenvalue weighted by Crippen LogP contribution is -2.17. The molecule has 2 nitrogen and oxygen atoms in total. The fourth-order valence-corrected chi connectivity index (χ4v) is 2.06. The third-order valence-corrected chi connectivity index (χ3v) is 2.66. The van der Waals surface area contributed by atoms with Crippen LogP contribution in [0, 0.1) is 0 Å². The number of alkyl halides is 3. The van der Waals surface area contributed by atoms with Crippen LogP contribution in [0.5, 0.6) is 5.75 Å². The molecule has 0 spiro atoms. The van der Waals surface area contributed by atoms with Gasteiger partial charge in [0.15, 0.2) is 0 Å². The molecule has 5 heteroatoms. The van der Waals surface area contributed by atoms with Gasteiger partial charge < -0.3 is 9.47 Å². The van der Waals surface area contributed by atoms with E-state index in [2.05, 4.69) is 4.74 Å². The Labute approximate surface area is 89.3 Å². The van der Waals surface area contributed by atoms with Crippen molar-refractivity contribution in [2.24, 2.45) is 0 Å². The lowest BCUT2D eigenvalue weighted by Gasteiger charge is -2.12. The zero-order valence-corrected chi connectivity index (χ0v) is 7.99. The van der Waals surface area contributed by atoms with Crippen LogP contribution in [0.3, 0.4) is 0 Å². The number of benzene rings is 1. The number of hydrogen-bond donors (Lipinski definition) is 0. The lowest BCUT2D eigenvalue weighted by atomic mass is 9.97. The second-order valence-corrected chi connectivity index (χ2v) is 3.70. The van der Waals surface area contributed by atoms with Gasteiger partial charge in [0, 0.05) is 0 Å². The van der Waals surface area contributed by atoms with Gasteiger partial charge in [0.25, 0.3) is 0 Å². The Kier molecular flexibility index (Phi) is 1.83. The average Bonchev–Trinajstić information content (AvgIpc) is 2.75. The van der Waals surface area contributed by atoms with Gasteiger partial charge in [0.05, 0.1) is 0 Å². The Balaban J connectivity index is 1.94. The molecule has 0 fully saturated rings. The molecule has 0 saturated carbocycles. The number of fused-ring (bicyclic) bond motifs is 5. The highest BCUT2D eigenvalue weighted by Gasteiger charge is 2.35. The minimum absolute atomic E-state index is 0.111. The van der Waals surface area contributed by atoms with E-state index >= 15 is 0 Å².